The van der Waals surface area contributed by atoms with Crippen molar-refractivity contribution in [3.63, 3.8) is 0 Å². The molecule has 0 spiro atoms. The number of rotatable bonds is 5. The third-order valence-corrected chi connectivity index (χ3v) is 14.5. The van der Waals surface area contributed by atoms with Crippen LogP contribution in [0.2, 0.25) is 0 Å². The van der Waals surface area contributed by atoms with Crippen LogP contribution in [0, 0.1) is 35.5 Å². The van der Waals surface area contributed by atoms with E-state index in [2.05, 4.69) is 55.9 Å². The summed E-state index contributed by atoms with van der Waals surface area (Å²) in [4.78, 5) is 5.45. The van der Waals surface area contributed by atoms with Crippen LogP contribution in [-0.4, -0.2) is 4.98 Å². The van der Waals surface area contributed by atoms with Crippen LogP contribution in [-0.2, 0) is 16.4 Å². The first-order valence-corrected chi connectivity index (χ1v) is 17.5. The van der Waals surface area contributed by atoms with Crippen LogP contribution in [0.4, 0.5) is 0 Å². The van der Waals surface area contributed by atoms with Crippen LogP contribution >= 0.6 is 0 Å². The van der Waals surface area contributed by atoms with Gasteiger partial charge in [0.2, 0.25) is 0 Å². The quantitative estimate of drug-likeness (QED) is 0.349. The monoisotopic (exact) mass is 535 g/mol. The number of nitrogens with zero attached hydrogens (tertiary/aromatic N) is 2. The SMILES string of the molecule is CCCC1(CC)C(C)c2ccc(C34CC5CC(CC(C5)C3)C4)cc2-c2cc(C34CC5CC(CC(C5)C3)C4)nc[n+]21. The second kappa shape index (κ2) is 8.44. The maximum Gasteiger partial charge on any atom is 0.287 e. The van der Waals surface area contributed by atoms with Crippen molar-refractivity contribution in [2.24, 2.45) is 35.5 Å². The first-order chi connectivity index (χ1) is 19.4. The molecule has 0 radical (unpaired) electrons. The lowest BCUT2D eigenvalue weighted by atomic mass is 9.48. The maximum absolute atomic E-state index is 5.45. The van der Waals surface area contributed by atoms with E-state index in [0.29, 0.717) is 16.7 Å². The van der Waals surface area contributed by atoms with Gasteiger partial charge in [0.15, 0.2) is 5.69 Å². The first-order valence-electron chi connectivity index (χ1n) is 17.5. The van der Waals surface area contributed by atoms with Gasteiger partial charge < -0.3 is 0 Å². The van der Waals surface area contributed by atoms with E-state index in [0.717, 1.165) is 35.5 Å². The van der Waals surface area contributed by atoms with Crippen LogP contribution in [0.5, 0.6) is 0 Å². The molecule has 2 heteroatoms. The second-order valence-corrected chi connectivity index (χ2v) is 16.7. The Balaban J connectivity index is 1.21. The smallest absolute Gasteiger partial charge is 0.224 e. The molecule has 2 atom stereocenters. The van der Waals surface area contributed by atoms with Gasteiger partial charge in [-0.15, -0.1) is 0 Å². The molecule has 1 aromatic carbocycles. The fraction of sp³-hybridized carbons (Fsp3) is 0.737. The minimum atomic E-state index is 0.131. The van der Waals surface area contributed by atoms with E-state index >= 15 is 0 Å². The number of hydrogen-bond donors (Lipinski definition) is 0. The van der Waals surface area contributed by atoms with E-state index in [4.69, 9.17) is 4.98 Å². The van der Waals surface area contributed by atoms with Crippen molar-refractivity contribution in [3.8, 4) is 11.3 Å². The number of fused-ring (bicyclic) bond motifs is 3. The molecule has 8 aliphatic carbocycles. The van der Waals surface area contributed by atoms with Crippen molar-refractivity contribution in [2.75, 3.05) is 0 Å². The zero-order chi connectivity index (χ0) is 26.9. The summed E-state index contributed by atoms with van der Waals surface area (Å²) in [5, 5.41) is 0. The van der Waals surface area contributed by atoms with Gasteiger partial charge in [-0.2, -0.15) is 0 Å². The average molecular weight is 536 g/mol. The lowest BCUT2D eigenvalue weighted by molar-refractivity contribution is -0.765. The molecule has 2 aromatic rings. The Morgan fingerprint density at radius 3 is 1.82 bits per heavy atom. The van der Waals surface area contributed by atoms with Crippen molar-refractivity contribution in [1.29, 1.82) is 0 Å². The molecule has 0 N–H and O–H groups in total. The summed E-state index contributed by atoms with van der Waals surface area (Å²) in [5.74, 6) is 6.37. The minimum Gasteiger partial charge on any atom is -0.224 e. The van der Waals surface area contributed by atoms with E-state index in [1.165, 1.54) is 108 Å². The predicted molar refractivity (Wildman–Crippen MR) is 161 cm³/mol. The van der Waals surface area contributed by atoms with E-state index in [9.17, 15) is 0 Å². The van der Waals surface area contributed by atoms with Crippen LogP contribution in [0.15, 0.2) is 30.6 Å². The Morgan fingerprint density at radius 2 is 1.30 bits per heavy atom. The standard InChI is InChI=1S/C38H51N2/c1-4-8-38(5-2)24(3)32-7-6-31(36-17-25-9-26(18-36)11-27(10-25)19-36)15-33(32)34-16-35(39-23-40(34)38)37-20-28-12-29(21-37)14-30(13-28)22-37/h6-7,15-16,23-30H,4-5,8-14,17-22H2,1-3H3/q+1. The second-order valence-electron chi connectivity index (χ2n) is 16.7. The lowest BCUT2D eigenvalue weighted by Crippen LogP contribution is -2.62. The molecule has 0 saturated heterocycles. The molecule has 0 amide bonds. The highest BCUT2D eigenvalue weighted by Gasteiger charge is 2.56. The molecule has 1 aliphatic heterocycles. The van der Waals surface area contributed by atoms with Crippen molar-refractivity contribution >= 4 is 0 Å². The molecule has 9 aliphatic rings. The third-order valence-electron chi connectivity index (χ3n) is 14.5. The fourth-order valence-corrected chi connectivity index (χ4v) is 13.6. The summed E-state index contributed by atoms with van der Waals surface area (Å²) in [6.07, 6.45) is 23.6. The highest BCUT2D eigenvalue weighted by molar-refractivity contribution is 5.66. The molecule has 1 aromatic heterocycles. The molecule has 2 nitrogen and oxygen atoms in total. The summed E-state index contributed by atoms with van der Waals surface area (Å²) >= 11 is 0. The van der Waals surface area contributed by atoms with E-state index < -0.39 is 0 Å². The van der Waals surface area contributed by atoms with Gasteiger partial charge in [-0.25, -0.2) is 4.57 Å². The summed E-state index contributed by atoms with van der Waals surface area (Å²) in [6, 6.07) is 10.6. The summed E-state index contributed by atoms with van der Waals surface area (Å²) < 4.78 is 2.71. The molecular formula is C38H51N2+. The molecule has 8 fully saturated rings. The Kier molecular flexibility index (Phi) is 5.25. The highest BCUT2D eigenvalue weighted by atomic mass is 15.1. The fourth-order valence-electron chi connectivity index (χ4n) is 13.6. The zero-order valence-corrected chi connectivity index (χ0v) is 25.4. The topological polar surface area (TPSA) is 16.8 Å². The van der Waals surface area contributed by atoms with Gasteiger partial charge in [-0.05, 0) is 148 Å². The highest BCUT2D eigenvalue weighted by Crippen LogP contribution is 2.62. The number of hydrogen-bond acceptors (Lipinski definition) is 1. The summed E-state index contributed by atoms with van der Waals surface area (Å²) in [7, 11) is 0. The van der Waals surface area contributed by atoms with Gasteiger partial charge in [0, 0.05) is 23.0 Å². The van der Waals surface area contributed by atoms with Gasteiger partial charge in [0.05, 0.1) is 0 Å². The van der Waals surface area contributed by atoms with Gasteiger partial charge >= 0.3 is 0 Å². The van der Waals surface area contributed by atoms with Crippen LogP contribution in [0.3, 0.4) is 0 Å². The zero-order valence-electron chi connectivity index (χ0n) is 25.4. The molecule has 212 valence electrons. The molecule has 2 unspecified atom stereocenters. The molecule has 8 saturated carbocycles. The number of aromatic nitrogens is 2. The summed E-state index contributed by atoms with van der Waals surface area (Å²) in [6.45, 7) is 7.35. The molecule has 11 rings (SSSR count). The van der Waals surface area contributed by atoms with Gasteiger partial charge in [-0.3, -0.25) is 0 Å². The van der Waals surface area contributed by atoms with Crippen LogP contribution in [0.1, 0.15) is 140 Å². The Morgan fingerprint density at radius 1 is 0.750 bits per heavy atom. The van der Waals surface area contributed by atoms with E-state index in [1.807, 2.05) is 0 Å². The van der Waals surface area contributed by atoms with Crippen molar-refractivity contribution in [2.45, 2.75) is 139 Å². The molecule has 2 heterocycles. The Hall–Kier alpha value is -1.70. The van der Waals surface area contributed by atoms with E-state index in [1.54, 1.807) is 16.7 Å². The average Bonchev–Trinajstić information content (AvgIpc) is 2.93. The van der Waals surface area contributed by atoms with Crippen molar-refractivity contribution < 1.29 is 4.57 Å². The predicted octanol–water partition coefficient (Wildman–Crippen LogP) is 8.99. The van der Waals surface area contributed by atoms with Crippen molar-refractivity contribution in [1.82, 2.24) is 4.98 Å². The Bertz CT molecular complexity index is 1280. The van der Waals surface area contributed by atoms with Crippen molar-refractivity contribution in [3.05, 3.63) is 47.4 Å². The molecule has 8 bridgehead atoms. The molecule has 40 heavy (non-hydrogen) atoms. The maximum atomic E-state index is 5.45. The van der Waals surface area contributed by atoms with Gasteiger partial charge in [-0.1, -0.05) is 44.3 Å². The molecular weight excluding hydrogens is 484 g/mol. The van der Waals surface area contributed by atoms with E-state index in [-0.39, 0.29) is 5.54 Å². The van der Waals surface area contributed by atoms with Crippen LogP contribution in [0.25, 0.3) is 11.3 Å². The third kappa shape index (κ3) is 3.29. The Labute approximate surface area is 242 Å². The lowest BCUT2D eigenvalue weighted by Gasteiger charge is -2.57. The van der Waals surface area contributed by atoms with Gasteiger partial charge in [0.25, 0.3) is 6.33 Å². The summed E-state index contributed by atoms with van der Waals surface area (Å²) in [5.41, 5.74) is 8.78. The largest absolute Gasteiger partial charge is 0.287 e. The normalized spacial score (nSPS) is 45.5. The number of benzene rings is 1. The minimum absolute atomic E-state index is 0.131. The van der Waals surface area contributed by atoms with Crippen LogP contribution < -0.4 is 4.57 Å². The first kappa shape index (κ1) is 24.9. The van der Waals surface area contributed by atoms with Gasteiger partial charge in [0.1, 0.15) is 11.2 Å².